The van der Waals surface area contributed by atoms with Crippen LogP contribution >= 0.6 is 11.6 Å². The molecule has 2 aromatic carbocycles. The molecule has 0 bridgehead atoms. The number of benzene rings is 2. The molecule has 3 rings (SSSR count). The highest BCUT2D eigenvalue weighted by Gasteiger charge is 2.51. The molecule has 0 saturated carbocycles. The van der Waals surface area contributed by atoms with Crippen LogP contribution in [-0.2, 0) is 39.8 Å². The Bertz CT molecular complexity index is 1180. The van der Waals surface area contributed by atoms with Gasteiger partial charge in [-0.25, -0.2) is 0 Å². The largest absolute Gasteiger partial charge is 0.456 e. The Morgan fingerprint density at radius 2 is 1.39 bits per heavy atom. The summed E-state index contributed by atoms with van der Waals surface area (Å²) < 4.78 is 23.2. The average molecular weight is 545 g/mol. The maximum atomic E-state index is 12.1. The molecule has 38 heavy (non-hydrogen) atoms. The van der Waals surface area contributed by atoms with Crippen LogP contribution in [-0.4, -0.2) is 48.1 Å². The van der Waals surface area contributed by atoms with Crippen LogP contribution in [0.4, 0.5) is 0 Å². The van der Waals surface area contributed by atoms with E-state index in [1.165, 1.54) is 27.7 Å². The molecule has 204 valence electrons. The van der Waals surface area contributed by atoms with Gasteiger partial charge in [-0.15, -0.1) is 0 Å². The van der Waals surface area contributed by atoms with Crippen LogP contribution < -0.4 is 0 Å². The smallest absolute Gasteiger partial charge is 0.303 e. The number of carbonyl (C=O) groups is 4. The summed E-state index contributed by atoms with van der Waals surface area (Å²) in [6.45, 7) is 7.22. The number of Topliss-reactive ketones (excluding diaryl/α,β-unsaturated/α-hetero) is 1. The van der Waals surface area contributed by atoms with Crippen LogP contribution in [0, 0.1) is 0 Å². The highest BCUT2D eigenvalue weighted by molar-refractivity contribution is 6.31. The van der Waals surface area contributed by atoms with Gasteiger partial charge in [0.2, 0.25) is 0 Å². The first-order chi connectivity index (χ1) is 18.0. The second-order valence-corrected chi connectivity index (χ2v) is 9.79. The van der Waals surface area contributed by atoms with Gasteiger partial charge >= 0.3 is 17.9 Å². The van der Waals surface area contributed by atoms with Crippen molar-refractivity contribution in [3.05, 3.63) is 69.7 Å². The zero-order chi connectivity index (χ0) is 28.0. The summed E-state index contributed by atoms with van der Waals surface area (Å²) in [7, 11) is 0. The van der Waals surface area contributed by atoms with E-state index in [-0.39, 0.29) is 5.78 Å². The van der Waals surface area contributed by atoms with E-state index >= 15 is 0 Å². The zero-order valence-corrected chi connectivity index (χ0v) is 22.9. The molecule has 1 saturated heterocycles. The van der Waals surface area contributed by atoms with Gasteiger partial charge in [0.05, 0.1) is 6.10 Å². The minimum atomic E-state index is -1.08. The molecule has 8 nitrogen and oxygen atoms in total. The van der Waals surface area contributed by atoms with E-state index in [4.69, 9.17) is 30.5 Å². The number of hydrogen-bond donors (Lipinski definition) is 0. The maximum Gasteiger partial charge on any atom is 0.303 e. The van der Waals surface area contributed by atoms with Gasteiger partial charge < -0.3 is 18.9 Å². The van der Waals surface area contributed by atoms with E-state index in [9.17, 15) is 19.2 Å². The molecular formula is C29H33ClO8. The second-order valence-electron chi connectivity index (χ2n) is 9.39. The topological polar surface area (TPSA) is 105 Å². The average Bonchev–Trinajstić information content (AvgIpc) is 2.83. The Hall–Kier alpha value is -3.23. The molecule has 0 aromatic heterocycles. The van der Waals surface area contributed by atoms with Crippen LogP contribution in [0.15, 0.2) is 42.5 Å². The van der Waals surface area contributed by atoms with E-state index in [0.29, 0.717) is 35.4 Å². The van der Waals surface area contributed by atoms with Gasteiger partial charge in [0.15, 0.2) is 24.1 Å². The first-order valence-corrected chi connectivity index (χ1v) is 12.9. The molecule has 9 heteroatoms. The minimum Gasteiger partial charge on any atom is -0.456 e. The molecule has 5 unspecified atom stereocenters. The van der Waals surface area contributed by atoms with Crippen LogP contribution in [0.3, 0.4) is 0 Å². The zero-order valence-electron chi connectivity index (χ0n) is 22.2. The highest BCUT2D eigenvalue weighted by Crippen LogP contribution is 2.39. The molecule has 1 aliphatic rings. The standard InChI is InChI=1S/C29H33ClO8/c1-6-7-25-27(35-17(3)32)29(37-19(5)34)28(36-18(4)33)26(38-25)22-12-13-24(30)23(15-22)14-20-8-10-21(11-9-20)16(2)31/h8-13,15,25-29H,6-7,14H2,1-5H3. The Labute approximate surface area is 227 Å². The summed E-state index contributed by atoms with van der Waals surface area (Å²) >= 11 is 6.54. The van der Waals surface area contributed by atoms with Crippen molar-refractivity contribution in [1.82, 2.24) is 0 Å². The molecule has 1 aliphatic heterocycles. The quantitative estimate of drug-likeness (QED) is 0.242. The van der Waals surface area contributed by atoms with E-state index in [2.05, 4.69) is 0 Å². The number of ether oxygens (including phenoxy) is 4. The summed E-state index contributed by atoms with van der Waals surface area (Å²) in [5.41, 5.74) is 3.03. The van der Waals surface area contributed by atoms with E-state index in [1.54, 1.807) is 24.3 Å². The molecule has 1 heterocycles. The molecule has 0 N–H and O–H groups in total. The van der Waals surface area contributed by atoms with E-state index in [0.717, 1.165) is 11.1 Å². The third-order valence-electron chi connectivity index (χ3n) is 6.27. The lowest BCUT2D eigenvalue weighted by Gasteiger charge is -2.45. The van der Waals surface area contributed by atoms with E-state index in [1.807, 2.05) is 25.1 Å². The summed E-state index contributed by atoms with van der Waals surface area (Å²) in [5.74, 6) is -1.79. The first kappa shape index (κ1) is 29.3. The fraction of sp³-hybridized carbons (Fsp3) is 0.448. The third-order valence-corrected chi connectivity index (χ3v) is 6.64. The third kappa shape index (κ3) is 7.42. The number of halogens is 1. The Morgan fingerprint density at radius 1 is 0.816 bits per heavy atom. The lowest BCUT2D eigenvalue weighted by atomic mass is 9.88. The monoisotopic (exact) mass is 544 g/mol. The fourth-order valence-corrected chi connectivity index (χ4v) is 4.85. The fourth-order valence-electron chi connectivity index (χ4n) is 4.66. The minimum absolute atomic E-state index is 0.0152. The molecule has 0 spiro atoms. The maximum absolute atomic E-state index is 12.1. The van der Waals surface area contributed by atoms with Gasteiger partial charge in [0.25, 0.3) is 0 Å². The lowest BCUT2D eigenvalue weighted by Crippen LogP contribution is -2.58. The number of rotatable bonds is 9. The summed E-state index contributed by atoms with van der Waals surface area (Å²) in [5, 5.41) is 0.531. The van der Waals surface area contributed by atoms with Gasteiger partial charge in [-0.2, -0.15) is 0 Å². The number of ketones is 1. The van der Waals surface area contributed by atoms with Gasteiger partial charge in [-0.3, -0.25) is 19.2 Å². The molecule has 2 aromatic rings. The summed E-state index contributed by atoms with van der Waals surface area (Å²) in [6, 6.07) is 12.6. The predicted octanol–water partition coefficient (Wildman–Crippen LogP) is 5.17. The van der Waals surface area contributed by atoms with Crippen molar-refractivity contribution >= 4 is 35.3 Å². The van der Waals surface area contributed by atoms with Crippen LogP contribution in [0.2, 0.25) is 5.02 Å². The van der Waals surface area contributed by atoms with Crippen LogP contribution in [0.1, 0.15) is 80.6 Å². The van der Waals surface area contributed by atoms with Gasteiger partial charge in [-0.05, 0) is 42.5 Å². The van der Waals surface area contributed by atoms with Crippen LogP contribution in [0.25, 0.3) is 0 Å². The Morgan fingerprint density at radius 3 is 1.95 bits per heavy atom. The van der Waals surface area contributed by atoms with Gasteiger partial charge in [0.1, 0.15) is 6.10 Å². The molecule has 1 fully saturated rings. The SMILES string of the molecule is CCCC1OC(c2ccc(Cl)c(Cc3ccc(C(C)=O)cc3)c2)C(OC(C)=O)C(OC(C)=O)C1OC(C)=O. The number of hydrogen-bond acceptors (Lipinski definition) is 8. The van der Waals surface area contributed by atoms with Gasteiger partial charge in [0, 0.05) is 31.4 Å². The van der Waals surface area contributed by atoms with Crippen molar-refractivity contribution in [3.8, 4) is 0 Å². The van der Waals surface area contributed by atoms with Crippen molar-refractivity contribution in [2.75, 3.05) is 0 Å². The first-order valence-electron chi connectivity index (χ1n) is 12.6. The number of carbonyl (C=O) groups excluding carboxylic acids is 4. The lowest BCUT2D eigenvalue weighted by molar-refractivity contribution is -0.249. The predicted molar refractivity (Wildman–Crippen MR) is 140 cm³/mol. The van der Waals surface area contributed by atoms with Crippen molar-refractivity contribution in [3.63, 3.8) is 0 Å². The van der Waals surface area contributed by atoms with Gasteiger partial charge in [-0.1, -0.05) is 61.3 Å². The summed E-state index contributed by atoms with van der Waals surface area (Å²) in [4.78, 5) is 47.7. The Kier molecular flexibility index (Phi) is 10.1. The summed E-state index contributed by atoms with van der Waals surface area (Å²) in [6.07, 6.45) is -2.82. The van der Waals surface area contributed by atoms with Crippen molar-refractivity contribution in [1.29, 1.82) is 0 Å². The molecule has 0 amide bonds. The Balaban J connectivity index is 2.03. The number of esters is 3. The second kappa shape index (κ2) is 13.0. The van der Waals surface area contributed by atoms with Crippen molar-refractivity contribution in [2.24, 2.45) is 0 Å². The van der Waals surface area contributed by atoms with Crippen LogP contribution in [0.5, 0.6) is 0 Å². The van der Waals surface area contributed by atoms with E-state index < -0.39 is 48.4 Å². The molecular weight excluding hydrogens is 512 g/mol. The molecule has 0 aliphatic carbocycles. The van der Waals surface area contributed by atoms with Crippen molar-refractivity contribution < 1.29 is 38.1 Å². The molecule has 5 atom stereocenters. The molecule has 0 radical (unpaired) electrons. The normalized spacial score (nSPS) is 22.8. The highest BCUT2D eigenvalue weighted by atomic mass is 35.5. The van der Waals surface area contributed by atoms with Crippen molar-refractivity contribution in [2.45, 2.75) is 84.4 Å².